The molecule has 0 saturated heterocycles. The van der Waals surface area contributed by atoms with Gasteiger partial charge in [0.2, 0.25) is 0 Å². The summed E-state index contributed by atoms with van der Waals surface area (Å²) in [5.74, 6) is -4.20. The van der Waals surface area contributed by atoms with Crippen LogP contribution in [0, 0.1) is 24.4 Å². The molecule has 0 aromatic heterocycles. The molecule has 0 bridgehead atoms. The fourth-order valence-electron chi connectivity index (χ4n) is 0.827. The van der Waals surface area contributed by atoms with Gasteiger partial charge < -0.3 is 0 Å². The first kappa shape index (κ1) is 8.77. The maximum atomic E-state index is 12.7. The van der Waals surface area contributed by atoms with Crippen molar-refractivity contribution >= 4 is 6.29 Å². The highest BCUT2D eigenvalue weighted by molar-refractivity contribution is 5.77. The Morgan fingerprint density at radius 2 is 1.83 bits per heavy atom. The Bertz CT molecular complexity index is 334. The van der Waals surface area contributed by atoms with Crippen molar-refractivity contribution in [2.45, 2.75) is 6.92 Å². The monoisotopic (exact) mass is 174 g/mol. The maximum absolute atomic E-state index is 12.7. The predicted molar refractivity (Wildman–Crippen MR) is 36.4 cm³/mol. The van der Waals surface area contributed by atoms with Crippen LogP contribution in [0.3, 0.4) is 0 Å². The van der Waals surface area contributed by atoms with Crippen LogP contribution in [-0.2, 0) is 0 Å². The summed E-state index contributed by atoms with van der Waals surface area (Å²) >= 11 is 0. The van der Waals surface area contributed by atoms with Crippen molar-refractivity contribution in [3.05, 3.63) is 34.6 Å². The fraction of sp³-hybridized carbons (Fsp3) is 0.125. The number of carbonyl (C=O) groups excluding carboxylic acids is 1. The average molecular weight is 174 g/mol. The summed E-state index contributed by atoms with van der Waals surface area (Å²) < 4.78 is 37.5. The van der Waals surface area contributed by atoms with E-state index >= 15 is 0 Å². The molecule has 12 heavy (non-hydrogen) atoms. The van der Waals surface area contributed by atoms with E-state index in [9.17, 15) is 18.0 Å². The fourth-order valence-corrected chi connectivity index (χ4v) is 0.827. The minimum atomic E-state index is -1.54. The van der Waals surface area contributed by atoms with Gasteiger partial charge in [-0.2, -0.15) is 0 Å². The van der Waals surface area contributed by atoms with Crippen molar-refractivity contribution in [1.29, 1.82) is 0 Å². The van der Waals surface area contributed by atoms with Gasteiger partial charge in [0, 0.05) is 5.56 Å². The van der Waals surface area contributed by atoms with Crippen LogP contribution in [0.5, 0.6) is 0 Å². The smallest absolute Gasteiger partial charge is 0.194 e. The molecule has 4 heteroatoms. The number of aldehydes is 1. The van der Waals surface area contributed by atoms with Gasteiger partial charge in [-0.3, -0.25) is 4.79 Å². The lowest BCUT2D eigenvalue weighted by molar-refractivity contribution is 0.112. The summed E-state index contributed by atoms with van der Waals surface area (Å²) in [6.45, 7) is 1.21. The molecule has 0 amide bonds. The molecule has 1 nitrogen and oxygen atoms in total. The first-order chi connectivity index (χ1) is 5.57. The predicted octanol–water partition coefficient (Wildman–Crippen LogP) is 2.22. The standard InChI is InChI=1S/C8H5F3O/c1-4-5(3-12)2-6(9)8(11)7(4)10/h2-3H,1H3. The Morgan fingerprint density at radius 3 is 2.33 bits per heavy atom. The van der Waals surface area contributed by atoms with Crippen LogP contribution in [0.2, 0.25) is 0 Å². The van der Waals surface area contributed by atoms with Crippen molar-refractivity contribution < 1.29 is 18.0 Å². The molecule has 0 aliphatic heterocycles. The molecule has 0 atom stereocenters. The van der Waals surface area contributed by atoms with Crippen molar-refractivity contribution in [1.82, 2.24) is 0 Å². The number of hydrogen-bond donors (Lipinski definition) is 0. The number of hydrogen-bond acceptors (Lipinski definition) is 1. The Balaban J connectivity index is 3.49. The van der Waals surface area contributed by atoms with Gasteiger partial charge in [0.25, 0.3) is 0 Å². The summed E-state index contributed by atoms with van der Waals surface area (Å²) in [7, 11) is 0. The highest BCUT2D eigenvalue weighted by atomic mass is 19.2. The molecule has 64 valence electrons. The van der Waals surface area contributed by atoms with E-state index < -0.39 is 17.5 Å². The number of rotatable bonds is 1. The van der Waals surface area contributed by atoms with Gasteiger partial charge in [-0.1, -0.05) is 0 Å². The zero-order valence-electron chi connectivity index (χ0n) is 6.20. The topological polar surface area (TPSA) is 17.1 Å². The van der Waals surface area contributed by atoms with Crippen LogP contribution in [-0.4, -0.2) is 6.29 Å². The third-order valence-corrected chi connectivity index (χ3v) is 1.57. The van der Waals surface area contributed by atoms with E-state index in [1.165, 1.54) is 6.92 Å². The molecule has 1 aromatic carbocycles. The highest BCUT2D eigenvalue weighted by Crippen LogP contribution is 2.17. The molecule has 0 aliphatic rings. The zero-order valence-corrected chi connectivity index (χ0v) is 6.20. The first-order valence-corrected chi connectivity index (χ1v) is 3.17. The lowest BCUT2D eigenvalue weighted by atomic mass is 10.1. The van der Waals surface area contributed by atoms with E-state index in [0.717, 1.165) is 0 Å². The minimum absolute atomic E-state index is 0.175. The zero-order chi connectivity index (χ0) is 9.30. The van der Waals surface area contributed by atoms with Crippen molar-refractivity contribution in [2.75, 3.05) is 0 Å². The molecule has 0 N–H and O–H groups in total. The number of halogens is 3. The molecule has 0 unspecified atom stereocenters. The lowest BCUT2D eigenvalue weighted by Gasteiger charge is -2.01. The third kappa shape index (κ3) is 1.20. The highest BCUT2D eigenvalue weighted by Gasteiger charge is 2.14. The second kappa shape index (κ2) is 2.97. The molecule has 0 aliphatic carbocycles. The largest absolute Gasteiger partial charge is 0.298 e. The van der Waals surface area contributed by atoms with Crippen LogP contribution < -0.4 is 0 Å². The Morgan fingerprint density at radius 1 is 1.25 bits per heavy atom. The van der Waals surface area contributed by atoms with Crippen LogP contribution in [0.15, 0.2) is 6.07 Å². The second-order valence-electron chi connectivity index (χ2n) is 2.32. The molecule has 0 saturated carbocycles. The molecule has 1 aromatic rings. The quantitative estimate of drug-likeness (QED) is 0.471. The summed E-state index contributed by atoms with van der Waals surface area (Å²) in [5.41, 5.74) is -0.352. The molecule has 1 rings (SSSR count). The number of benzene rings is 1. The molecule has 0 spiro atoms. The van der Waals surface area contributed by atoms with E-state index in [2.05, 4.69) is 0 Å². The van der Waals surface area contributed by atoms with Gasteiger partial charge in [0.15, 0.2) is 23.7 Å². The minimum Gasteiger partial charge on any atom is -0.298 e. The van der Waals surface area contributed by atoms with Crippen LogP contribution in [0.1, 0.15) is 15.9 Å². The summed E-state index contributed by atoms with van der Waals surface area (Å²) in [4.78, 5) is 10.2. The van der Waals surface area contributed by atoms with E-state index in [1.54, 1.807) is 0 Å². The summed E-state index contributed by atoms with van der Waals surface area (Å²) in [5, 5.41) is 0. The number of carbonyl (C=O) groups is 1. The van der Waals surface area contributed by atoms with E-state index in [4.69, 9.17) is 0 Å². The van der Waals surface area contributed by atoms with Gasteiger partial charge in [0.05, 0.1) is 0 Å². The molecular weight excluding hydrogens is 169 g/mol. The maximum Gasteiger partial charge on any atom is 0.194 e. The normalized spacial score (nSPS) is 10.0. The summed E-state index contributed by atoms with van der Waals surface area (Å²) in [6.07, 6.45) is 0.279. The second-order valence-corrected chi connectivity index (χ2v) is 2.32. The van der Waals surface area contributed by atoms with Crippen LogP contribution in [0.4, 0.5) is 13.2 Å². The van der Waals surface area contributed by atoms with E-state index in [1.807, 2.05) is 0 Å². The van der Waals surface area contributed by atoms with Gasteiger partial charge in [-0.05, 0) is 18.6 Å². The Labute approximate surface area is 66.8 Å². The molecule has 0 heterocycles. The molecular formula is C8H5F3O. The lowest BCUT2D eigenvalue weighted by Crippen LogP contribution is -1.98. The van der Waals surface area contributed by atoms with Crippen molar-refractivity contribution in [3.63, 3.8) is 0 Å². The van der Waals surface area contributed by atoms with Gasteiger partial charge >= 0.3 is 0 Å². The first-order valence-electron chi connectivity index (χ1n) is 3.17. The Hall–Kier alpha value is -1.32. The van der Waals surface area contributed by atoms with Crippen molar-refractivity contribution in [2.24, 2.45) is 0 Å². The summed E-state index contributed by atoms with van der Waals surface area (Å²) in [6, 6.07) is 0.667. The van der Waals surface area contributed by atoms with E-state index in [0.29, 0.717) is 6.07 Å². The molecule has 0 fully saturated rings. The SMILES string of the molecule is Cc1c(C=O)cc(F)c(F)c1F. The van der Waals surface area contributed by atoms with Crippen molar-refractivity contribution in [3.8, 4) is 0 Å². The van der Waals surface area contributed by atoms with Crippen LogP contribution in [0.25, 0.3) is 0 Å². The van der Waals surface area contributed by atoms with Gasteiger partial charge in [0.1, 0.15) is 0 Å². The average Bonchev–Trinajstić information content (AvgIpc) is 2.08. The van der Waals surface area contributed by atoms with E-state index in [-0.39, 0.29) is 17.4 Å². The molecule has 0 radical (unpaired) electrons. The van der Waals surface area contributed by atoms with Crippen LogP contribution >= 0.6 is 0 Å². The third-order valence-electron chi connectivity index (χ3n) is 1.57. The van der Waals surface area contributed by atoms with Gasteiger partial charge in [-0.15, -0.1) is 0 Å². The Kier molecular flexibility index (Phi) is 2.17. The van der Waals surface area contributed by atoms with Gasteiger partial charge in [-0.25, -0.2) is 13.2 Å².